The molecule has 0 aromatic heterocycles. The molecule has 29 heavy (non-hydrogen) atoms. The van der Waals surface area contributed by atoms with Crippen molar-refractivity contribution in [2.45, 2.75) is 44.0 Å². The van der Waals surface area contributed by atoms with E-state index in [-0.39, 0.29) is 22.4 Å². The molecule has 0 radical (unpaired) electrons. The van der Waals surface area contributed by atoms with E-state index in [2.05, 4.69) is 31.4 Å². The molecule has 0 saturated heterocycles. The van der Waals surface area contributed by atoms with Gasteiger partial charge in [0.25, 0.3) is 0 Å². The molecule has 1 unspecified atom stereocenters. The van der Waals surface area contributed by atoms with Crippen LogP contribution in [0.4, 0.5) is 4.79 Å². The molecule has 2 amide bonds. The lowest BCUT2D eigenvalue weighted by Gasteiger charge is -2.19. The third kappa shape index (κ3) is 7.09. The number of nitrogens with one attached hydrogen (secondary N) is 2. The van der Waals surface area contributed by atoms with Crippen LogP contribution in [0.25, 0.3) is 0 Å². The summed E-state index contributed by atoms with van der Waals surface area (Å²) >= 11 is 0. The lowest BCUT2D eigenvalue weighted by atomic mass is 9.87. The standard InChI is InChI=1S/C22H30N2O4S/c1-16(17-6-12-20(13-7-17)29(5,26)27)24-21(25)23-14-15-28-19-10-8-18(9-11-19)22(2,3)4/h6-13,16H,14-15H2,1-5H3,(H2,23,24,25). The normalized spacial score (nSPS) is 12.9. The minimum Gasteiger partial charge on any atom is -0.492 e. The fraction of sp³-hybridized carbons (Fsp3) is 0.409. The van der Waals surface area contributed by atoms with Gasteiger partial charge in [-0.1, -0.05) is 45.0 Å². The Morgan fingerprint density at radius 3 is 2.14 bits per heavy atom. The zero-order chi connectivity index (χ0) is 21.7. The van der Waals surface area contributed by atoms with E-state index < -0.39 is 9.84 Å². The lowest BCUT2D eigenvalue weighted by Crippen LogP contribution is -2.39. The fourth-order valence-corrected chi connectivity index (χ4v) is 3.35. The highest BCUT2D eigenvalue weighted by molar-refractivity contribution is 7.90. The van der Waals surface area contributed by atoms with Crippen LogP contribution in [-0.4, -0.2) is 33.9 Å². The van der Waals surface area contributed by atoms with Crippen LogP contribution >= 0.6 is 0 Å². The summed E-state index contributed by atoms with van der Waals surface area (Å²) in [5.74, 6) is 0.763. The van der Waals surface area contributed by atoms with Gasteiger partial charge in [-0.3, -0.25) is 0 Å². The smallest absolute Gasteiger partial charge is 0.315 e. The molecule has 7 heteroatoms. The van der Waals surface area contributed by atoms with E-state index in [0.29, 0.717) is 13.2 Å². The third-order valence-electron chi connectivity index (χ3n) is 4.53. The maximum atomic E-state index is 12.0. The van der Waals surface area contributed by atoms with Gasteiger partial charge in [0.15, 0.2) is 9.84 Å². The Kier molecular flexibility index (Phi) is 7.30. The summed E-state index contributed by atoms with van der Waals surface area (Å²) < 4.78 is 28.7. The average Bonchev–Trinajstić information content (AvgIpc) is 2.64. The summed E-state index contributed by atoms with van der Waals surface area (Å²) in [4.78, 5) is 12.3. The first-order chi connectivity index (χ1) is 13.5. The van der Waals surface area contributed by atoms with Gasteiger partial charge in [0.05, 0.1) is 17.5 Å². The van der Waals surface area contributed by atoms with Crippen molar-refractivity contribution in [1.82, 2.24) is 10.6 Å². The van der Waals surface area contributed by atoms with Crippen LogP contribution in [0.2, 0.25) is 0 Å². The van der Waals surface area contributed by atoms with Crippen molar-refractivity contribution < 1.29 is 17.9 Å². The molecule has 0 heterocycles. The van der Waals surface area contributed by atoms with Gasteiger partial charge in [-0.25, -0.2) is 13.2 Å². The van der Waals surface area contributed by atoms with Crippen molar-refractivity contribution in [3.63, 3.8) is 0 Å². The predicted octanol–water partition coefficient (Wildman–Crippen LogP) is 3.83. The summed E-state index contributed by atoms with van der Waals surface area (Å²) in [5, 5.41) is 5.58. The molecule has 6 nitrogen and oxygen atoms in total. The molecule has 2 rings (SSSR count). The van der Waals surface area contributed by atoms with E-state index in [0.717, 1.165) is 17.6 Å². The molecule has 2 aromatic rings. The summed E-state index contributed by atoms with van der Waals surface area (Å²) in [6.07, 6.45) is 1.16. The Hall–Kier alpha value is -2.54. The Balaban J connectivity index is 1.75. The molecular formula is C22H30N2O4S. The Morgan fingerprint density at radius 2 is 1.62 bits per heavy atom. The van der Waals surface area contributed by atoms with E-state index in [4.69, 9.17) is 4.74 Å². The Labute approximate surface area is 173 Å². The predicted molar refractivity (Wildman–Crippen MR) is 115 cm³/mol. The van der Waals surface area contributed by atoms with Gasteiger partial charge in [0.1, 0.15) is 12.4 Å². The highest BCUT2D eigenvalue weighted by Gasteiger charge is 2.13. The molecule has 0 aliphatic heterocycles. The van der Waals surface area contributed by atoms with Crippen molar-refractivity contribution in [3.05, 3.63) is 59.7 Å². The van der Waals surface area contributed by atoms with Crippen LogP contribution in [0.1, 0.15) is 44.9 Å². The van der Waals surface area contributed by atoms with Crippen LogP contribution in [0.3, 0.4) is 0 Å². The summed E-state index contributed by atoms with van der Waals surface area (Å²) in [6, 6.07) is 13.9. The topological polar surface area (TPSA) is 84.5 Å². The maximum absolute atomic E-state index is 12.0. The maximum Gasteiger partial charge on any atom is 0.315 e. The van der Waals surface area contributed by atoms with Crippen LogP contribution < -0.4 is 15.4 Å². The number of carbonyl (C=O) groups is 1. The summed E-state index contributed by atoms with van der Waals surface area (Å²) in [5.41, 5.74) is 2.16. The number of hydrogen-bond donors (Lipinski definition) is 2. The minimum atomic E-state index is -3.23. The van der Waals surface area contributed by atoms with Gasteiger partial charge in [-0.2, -0.15) is 0 Å². The first kappa shape index (κ1) is 22.7. The van der Waals surface area contributed by atoms with E-state index in [1.807, 2.05) is 31.2 Å². The number of hydrogen-bond acceptors (Lipinski definition) is 4. The monoisotopic (exact) mass is 418 g/mol. The van der Waals surface area contributed by atoms with Crippen LogP contribution in [0.5, 0.6) is 5.75 Å². The molecule has 0 saturated carbocycles. The molecule has 0 fully saturated rings. The van der Waals surface area contributed by atoms with Crippen LogP contribution in [0, 0.1) is 0 Å². The van der Waals surface area contributed by atoms with Crippen molar-refractivity contribution in [2.24, 2.45) is 0 Å². The van der Waals surface area contributed by atoms with Crippen molar-refractivity contribution >= 4 is 15.9 Å². The van der Waals surface area contributed by atoms with Crippen molar-refractivity contribution in [1.29, 1.82) is 0 Å². The molecule has 0 aliphatic carbocycles. The zero-order valence-electron chi connectivity index (χ0n) is 17.7. The van der Waals surface area contributed by atoms with E-state index in [9.17, 15) is 13.2 Å². The second-order valence-electron chi connectivity index (χ2n) is 8.09. The average molecular weight is 419 g/mol. The van der Waals surface area contributed by atoms with Gasteiger partial charge >= 0.3 is 6.03 Å². The fourth-order valence-electron chi connectivity index (χ4n) is 2.72. The first-order valence-electron chi connectivity index (χ1n) is 9.54. The summed E-state index contributed by atoms with van der Waals surface area (Å²) in [7, 11) is -3.23. The molecule has 0 bridgehead atoms. The van der Waals surface area contributed by atoms with Gasteiger partial charge in [-0.05, 0) is 47.7 Å². The van der Waals surface area contributed by atoms with Crippen molar-refractivity contribution in [2.75, 3.05) is 19.4 Å². The molecule has 2 N–H and O–H groups in total. The van der Waals surface area contributed by atoms with Crippen LogP contribution in [0.15, 0.2) is 53.4 Å². The van der Waals surface area contributed by atoms with Gasteiger partial charge in [-0.15, -0.1) is 0 Å². The summed E-state index contributed by atoms with van der Waals surface area (Å²) in [6.45, 7) is 9.04. The number of carbonyl (C=O) groups excluding carboxylic acids is 1. The molecule has 0 aliphatic rings. The largest absolute Gasteiger partial charge is 0.492 e. The second-order valence-corrected chi connectivity index (χ2v) is 10.1. The zero-order valence-corrected chi connectivity index (χ0v) is 18.5. The second kappa shape index (κ2) is 9.31. The van der Waals surface area contributed by atoms with Gasteiger partial charge in [0, 0.05) is 6.26 Å². The Bertz CT molecular complexity index is 915. The molecule has 1 atom stereocenters. The molecule has 2 aromatic carbocycles. The number of ether oxygens (including phenoxy) is 1. The van der Waals surface area contributed by atoms with Crippen LogP contribution in [-0.2, 0) is 15.3 Å². The SMILES string of the molecule is CC(NC(=O)NCCOc1ccc(C(C)(C)C)cc1)c1ccc(S(C)(=O)=O)cc1. The Morgan fingerprint density at radius 1 is 1.03 bits per heavy atom. The van der Waals surface area contributed by atoms with E-state index >= 15 is 0 Å². The van der Waals surface area contributed by atoms with E-state index in [1.165, 1.54) is 5.56 Å². The first-order valence-corrected chi connectivity index (χ1v) is 11.4. The van der Waals surface area contributed by atoms with E-state index in [1.54, 1.807) is 24.3 Å². The van der Waals surface area contributed by atoms with Crippen molar-refractivity contribution in [3.8, 4) is 5.75 Å². The lowest BCUT2D eigenvalue weighted by molar-refractivity contribution is 0.233. The highest BCUT2D eigenvalue weighted by Crippen LogP contribution is 2.24. The van der Waals surface area contributed by atoms with Gasteiger partial charge < -0.3 is 15.4 Å². The van der Waals surface area contributed by atoms with Gasteiger partial charge in [0.2, 0.25) is 0 Å². The third-order valence-corrected chi connectivity index (χ3v) is 5.66. The molecule has 158 valence electrons. The molecule has 0 spiro atoms. The highest BCUT2D eigenvalue weighted by atomic mass is 32.2. The quantitative estimate of drug-likeness (QED) is 0.670. The number of amides is 2. The number of rotatable bonds is 7. The molecular weight excluding hydrogens is 388 g/mol. The number of sulfone groups is 1. The number of benzene rings is 2. The number of urea groups is 1. The minimum absolute atomic E-state index is 0.0972.